The molecule has 2 saturated carbocycles. The highest BCUT2D eigenvalue weighted by Crippen LogP contribution is 2.33. The molecular formula is C24H37NO2. The first kappa shape index (κ1) is 20.4. The number of hydrogen-bond donors (Lipinski definition) is 0. The van der Waals surface area contributed by atoms with E-state index >= 15 is 0 Å². The Morgan fingerprint density at radius 1 is 1.07 bits per heavy atom. The molecule has 27 heavy (non-hydrogen) atoms. The van der Waals surface area contributed by atoms with Gasteiger partial charge in [-0.2, -0.15) is 0 Å². The Kier molecular flexibility index (Phi) is 7.34. The number of amides is 1. The molecule has 3 nitrogen and oxygen atoms in total. The van der Waals surface area contributed by atoms with Crippen LogP contribution in [0.1, 0.15) is 76.7 Å². The highest BCUT2D eigenvalue weighted by molar-refractivity contribution is 5.84. The molecule has 0 N–H and O–H groups in total. The van der Waals surface area contributed by atoms with Gasteiger partial charge in [-0.15, -0.1) is 0 Å². The van der Waals surface area contributed by atoms with Crippen LogP contribution in [0, 0.1) is 11.8 Å². The minimum atomic E-state index is -0.207. The molecule has 0 aromatic heterocycles. The maximum atomic E-state index is 13.2. The Morgan fingerprint density at radius 2 is 1.74 bits per heavy atom. The van der Waals surface area contributed by atoms with Gasteiger partial charge in [0.2, 0.25) is 5.91 Å². The van der Waals surface area contributed by atoms with E-state index in [1.165, 1.54) is 32.1 Å². The van der Waals surface area contributed by atoms with E-state index in [1.807, 2.05) is 30.1 Å². The molecule has 2 aliphatic carbocycles. The molecule has 150 valence electrons. The summed E-state index contributed by atoms with van der Waals surface area (Å²) in [7, 11) is 1.95. The van der Waals surface area contributed by atoms with Crippen LogP contribution in [0.5, 0.6) is 0 Å². The molecule has 3 unspecified atom stereocenters. The maximum absolute atomic E-state index is 13.2. The van der Waals surface area contributed by atoms with Gasteiger partial charge in [-0.1, -0.05) is 69.4 Å². The Morgan fingerprint density at radius 3 is 2.37 bits per heavy atom. The van der Waals surface area contributed by atoms with Gasteiger partial charge in [-0.05, 0) is 43.6 Å². The molecule has 3 heteroatoms. The van der Waals surface area contributed by atoms with Crippen molar-refractivity contribution in [2.45, 2.75) is 83.3 Å². The van der Waals surface area contributed by atoms with Gasteiger partial charge in [0.1, 0.15) is 0 Å². The van der Waals surface area contributed by atoms with Crippen molar-refractivity contribution in [1.29, 1.82) is 0 Å². The van der Waals surface area contributed by atoms with Gasteiger partial charge in [0, 0.05) is 19.7 Å². The zero-order valence-corrected chi connectivity index (χ0v) is 17.4. The van der Waals surface area contributed by atoms with Gasteiger partial charge in [-0.3, -0.25) is 4.79 Å². The van der Waals surface area contributed by atoms with Crippen molar-refractivity contribution in [3.8, 4) is 0 Å². The van der Waals surface area contributed by atoms with Crippen LogP contribution in [0.4, 0.5) is 0 Å². The third-order valence-electron chi connectivity index (χ3n) is 6.74. The fraction of sp³-hybridized carbons (Fsp3) is 0.708. The van der Waals surface area contributed by atoms with E-state index in [2.05, 4.69) is 26.0 Å². The fourth-order valence-corrected chi connectivity index (χ4v) is 4.61. The standard InChI is InChI=1S/C24H37NO2/c1-18(20-10-6-4-7-11-20)16-17-27-19(2)23(21-12-8-5-9-13-21)24(26)25(3)22-14-15-22/h5,8-9,12-13,18-20,22-23H,4,6-7,10-11,14-17H2,1-3H3. The number of likely N-dealkylation sites (N-methyl/N-ethyl adjacent to an activating group) is 1. The molecule has 3 rings (SSSR count). The largest absolute Gasteiger partial charge is 0.377 e. The molecule has 0 heterocycles. The van der Waals surface area contributed by atoms with E-state index in [1.54, 1.807) is 0 Å². The number of benzene rings is 1. The predicted molar refractivity (Wildman–Crippen MR) is 111 cm³/mol. The SMILES string of the molecule is CC(CCOC(C)C(C(=O)N(C)C1CC1)c1ccccc1)C1CCCCC1. The summed E-state index contributed by atoms with van der Waals surface area (Å²) in [5.74, 6) is 1.58. The lowest BCUT2D eigenvalue weighted by molar-refractivity contribution is -0.135. The number of ether oxygens (including phenoxy) is 1. The maximum Gasteiger partial charge on any atom is 0.232 e. The first-order valence-electron chi connectivity index (χ1n) is 11.0. The summed E-state index contributed by atoms with van der Waals surface area (Å²) < 4.78 is 6.24. The molecule has 0 radical (unpaired) electrons. The Labute approximate surface area is 165 Å². The molecule has 2 aliphatic rings. The van der Waals surface area contributed by atoms with Gasteiger partial charge in [0.25, 0.3) is 0 Å². The summed E-state index contributed by atoms with van der Waals surface area (Å²) >= 11 is 0. The summed E-state index contributed by atoms with van der Waals surface area (Å²) in [5, 5.41) is 0. The molecule has 0 aliphatic heterocycles. The van der Waals surface area contributed by atoms with Gasteiger partial charge in [0.15, 0.2) is 0 Å². The number of rotatable bonds is 9. The van der Waals surface area contributed by atoms with Gasteiger partial charge in [-0.25, -0.2) is 0 Å². The lowest BCUT2D eigenvalue weighted by atomic mass is 9.80. The Bertz CT molecular complexity index is 577. The van der Waals surface area contributed by atoms with E-state index in [0.717, 1.165) is 43.3 Å². The van der Waals surface area contributed by atoms with Crippen molar-refractivity contribution in [3.05, 3.63) is 35.9 Å². The van der Waals surface area contributed by atoms with E-state index in [9.17, 15) is 4.79 Å². The van der Waals surface area contributed by atoms with Crippen LogP contribution in [0.2, 0.25) is 0 Å². The Hall–Kier alpha value is -1.35. The molecule has 1 aromatic carbocycles. The lowest BCUT2D eigenvalue weighted by Gasteiger charge is -2.30. The number of carbonyl (C=O) groups excluding carboxylic acids is 1. The third-order valence-corrected chi connectivity index (χ3v) is 6.74. The topological polar surface area (TPSA) is 29.5 Å². The molecule has 1 amide bonds. The van der Waals surface area contributed by atoms with Crippen LogP contribution in [-0.2, 0) is 9.53 Å². The van der Waals surface area contributed by atoms with E-state index in [0.29, 0.717) is 6.04 Å². The molecule has 1 aromatic rings. The van der Waals surface area contributed by atoms with Gasteiger partial charge < -0.3 is 9.64 Å². The monoisotopic (exact) mass is 371 g/mol. The molecule has 2 fully saturated rings. The first-order chi connectivity index (χ1) is 13.1. The molecule has 3 atom stereocenters. The summed E-state index contributed by atoms with van der Waals surface area (Å²) in [4.78, 5) is 15.1. The fourth-order valence-electron chi connectivity index (χ4n) is 4.61. The summed E-state index contributed by atoms with van der Waals surface area (Å²) in [6, 6.07) is 10.6. The average molecular weight is 372 g/mol. The second kappa shape index (κ2) is 9.73. The molecule has 0 bridgehead atoms. The minimum absolute atomic E-state index is 0.0975. The zero-order valence-electron chi connectivity index (χ0n) is 17.4. The molecule has 0 saturated heterocycles. The average Bonchev–Trinajstić information content (AvgIpc) is 3.54. The number of nitrogens with zero attached hydrogens (tertiary/aromatic N) is 1. The van der Waals surface area contributed by atoms with Crippen molar-refractivity contribution >= 4 is 5.91 Å². The zero-order chi connectivity index (χ0) is 19.2. The summed E-state index contributed by atoms with van der Waals surface area (Å²) in [6.07, 6.45) is 10.2. The second-order valence-electron chi connectivity index (χ2n) is 8.81. The second-order valence-corrected chi connectivity index (χ2v) is 8.81. The predicted octanol–water partition coefficient (Wildman–Crippen LogP) is 5.40. The summed E-state index contributed by atoms with van der Waals surface area (Å²) in [6.45, 7) is 5.20. The normalized spacial score (nSPS) is 21.4. The smallest absolute Gasteiger partial charge is 0.232 e. The number of carbonyl (C=O) groups is 1. The third kappa shape index (κ3) is 5.57. The van der Waals surface area contributed by atoms with Crippen molar-refractivity contribution in [2.75, 3.05) is 13.7 Å². The minimum Gasteiger partial charge on any atom is -0.377 e. The van der Waals surface area contributed by atoms with Crippen LogP contribution < -0.4 is 0 Å². The van der Waals surface area contributed by atoms with Crippen LogP contribution in [0.25, 0.3) is 0 Å². The Balaban J connectivity index is 1.57. The first-order valence-corrected chi connectivity index (χ1v) is 11.0. The highest BCUT2D eigenvalue weighted by Gasteiger charge is 2.36. The molecule has 0 spiro atoms. The van der Waals surface area contributed by atoms with Crippen molar-refractivity contribution < 1.29 is 9.53 Å². The van der Waals surface area contributed by atoms with Gasteiger partial charge >= 0.3 is 0 Å². The number of hydrogen-bond acceptors (Lipinski definition) is 2. The van der Waals surface area contributed by atoms with Crippen molar-refractivity contribution in [3.63, 3.8) is 0 Å². The van der Waals surface area contributed by atoms with E-state index in [-0.39, 0.29) is 17.9 Å². The van der Waals surface area contributed by atoms with E-state index in [4.69, 9.17) is 4.74 Å². The highest BCUT2D eigenvalue weighted by atomic mass is 16.5. The van der Waals surface area contributed by atoms with Crippen LogP contribution >= 0.6 is 0 Å². The van der Waals surface area contributed by atoms with Crippen LogP contribution in [0.3, 0.4) is 0 Å². The molecular weight excluding hydrogens is 334 g/mol. The summed E-state index contributed by atoms with van der Waals surface area (Å²) in [5.41, 5.74) is 1.07. The quantitative estimate of drug-likeness (QED) is 0.581. The van der Waals surface area contributed by atoms with Crippen molar-refractivity contribution in [1.82, 2.24) is 4.90 Å². The van der Waals surface area contributed by atoms with Crippen LogP contribution in [-0.4, -0.2) is 36.6 Å². The van der Waals surface area contributed by atoms with Crippen molar-refractivity contribution in [2.24, 2.45) is 11.8 Å². The van der Waals surface area contributed by atoms with Crippen LogP contribution in [0.15, 0.2) is 30.3 Å². The van der Waals surface area contributed by atoms with Gasteiger partial charge in [0.05, 0.1) is 12.0 Å². The lowest BCUT2D eigenvalue weighted by Crippen LogP contribution is -2.38. The van der Waals surface area contributed by atoms with E-state index < -0.39 is 0 Å².